The predicted molar refractivity (Wildman–Crippen MR) is 71.6 cm³/mol. The summed E-state index contributed by atoms with van der Waals surface area (Å²) in [6.07, 6.45) is 0.639. The van der Waals surface area contributed by atoms with Crippen LogP contribution in [-0.2, 0) is 0 Å². The van der Waals surface area contributed by atoms with Gasteiger partial charge in [-0.15, -0.1) is 0 Å². The Morgan fingerprint density at radius 2 is 2.00 bits per heavy atom. The second-order valence-corrected chi connectivity index (χ2v) is 5.56. The average Bonchev–Trinajstić information content (AvgIpc) is 2.28. The summed E-state index contributed by atoms with van der Waals surface area (Å²) in [5.74, 6) is 0.510. The first-order valence-electron chi connectivity index (χ1n) is 6.00. The predicted octanol–water partition coefficient (Wildman–Crippen LogP) is 2.74. The lowest BCUT2D eigenvalue weighted by Crippen LogP contribution is -2.51. The van der Waals surface area contributed by atoms with E-state index in [1.807, 2.05) is 12.1 Å². The summed E-state index contributed by atoms with van der Waals surface area (Å²) in [6, 6.07) is 8.28. The number of benzene rings is 1. The highest BCUT2D eigenvalue weighted by molar-refractivity contribution is 9.10. The molecule has 4 heteroatoms. The summed E-state index contributed by atoms with van der Waals surface area (Å²) < 4.78 is 13.1. The molecule has 0 aromatic heterocycles. The van der Waals surface area contributed by atoms with Crippen LogP contribution in [0.3, 0.4) is 0 Å². The number of halogens is 2. The fraction of sp³-hybridized carbons (Fsp3) is 0.538. The Labute approximate surface area is 110 Å². The van der Waals surface area contributed by atoms with Crippen LogP contribution < -0.4 is 5.73 Å². The van der Waals surface area contributed by atoms with Gasteiger partial charge in [0.05, 0.1) is 6.67 Å². The number of alkyl halides is 1. The van der Waals surface area contributed by atoms with E-state index in [-0.39, 0.29) is 12.7 Å². The molecule has 17 heavy (non-hydrogen) atoms. The molecule has 1 aliphatic heterocycles. The van der Waals surface area contributed by atoms with Gasteiger partial charge in [0.2, 0.25) is 0 Å². The van der Waals surface area contributed by atoms with E-state index in [1.165, 1.54) is 5.56 Å². The van der Waals surface area contributed by atoms with Crippen LogP contribution in [0.25, 0.3) is 0 Å². The van der Waals surface area contributed by atoms with Crippen molar-refractivity contribution in [3.8, 4) is 0 Å². The van der Waals surface area contributed by atoms with Gasteiger partial charge in [-0.05, 0) is 24.1 Å². The molecule has 1 atom stereocenters. The fourth-order valence-corrected chi connectivity index (χ4v) is 2.52. The van der Waals surface area contributed by atoms with Crippen molar-refractivity contribution in [3.05, 3.63) is 34.3 Å². The molecule has 0 saturated carbocycles. The SMILES string of the molecule is NC(c1ccc(Br)cc1)C1CN(CCCF)C1. The monoisotopic (exact) mass is 300 g/mol. The molecule has 0 radical (unpaired) electrons. The molecular formula is C13H18BrFN2. The summed E-state index contributed by atoms with van der Waals surface area (Å²) >= 11 is 3.42. The van der Waals surface area contributed by atoms with Crippen LogP contribution in [-0.4, -0.2) is 31.2 Å². The van der Waals surface area contributed by atoms with E-state index < -0.39 is 0 Å². The van der Waals surface area contributed by atoms with Gasteiger partial charge in [-0.3, -0.25) is 4.39 Å². The molecule has 0 bridgehead atoms. The van der Waals surface area contributed by atoms with Gasteiger partial charge in [-0.2, -0.15) is 0 Å². The molecule has 0 amide bonds. The first-order chi connectivity index (χ1) is 8.20. The number of nitrogens with two attached hydrogens (primary N) is 1. The quantitative estimate of drug-likeness (QED) is 0.906. The molecule has 1 heterocycles. The van der Waals surface area contributed by atoms with E-state index in [9.17, 15) is 4.39 Å². The minimum absolute atomic E-state index is 0.102. The van der Waals surface area contributed by atoms with Crippen LogP contribution in [0.5, 0.6) is 0 Å². The molecule has 0 aliphatic carbocycles. The van der Waals surface area contributed by atoms with E-state index in [2.05, 4.69) is 33.0 Å². The molecule has 94 valence electrons. The maximum absolute atomic E-state index is 12.0. The molecule has 1 saturated heterocycles. The third-order valence-corrected chi connectivity index (χ3v) is 3.88. The molecule has 1 aromatic carbocycles. The van der Waals surface area contributed by atoms with Gasteiger partial charge in [0.1, 0.15) is 0 Å². The highest BCUT2D eigenvalue weighted by Gasteiger charge is 2.31. The summed E-state index contributed by atoms with van der Waals surface area (Å²) in [5.41, 5.74) is 7.41. The van der Waals surface area contributed by atoms with Gasteiger partial charge >= 0.3 is 0 Å². The highest BCUT2D eigenvalue weighted by Crippen LogP contribution is 2.28. The van der Waals surface area contributed by atoms with Crippen molar-refractivity contribution < 1.29 is 4.39 Å². The lowest BCUT2D eigenvalue weighted by atomic mass is 9.87. The molecular weight excluding hydrogens is 283 g/mol. The van der Waals surface area contributed by atoms with Crippen LogP contribution in [0.4, 0.5) is 4.39 Å². The summed E-state index contributed by atoms with van der Waals surface area (Å²) in [4.78, 5) is 2.27. The Bertz CT molecular complexity index is 349. The number of hydrogen-bond acceptors (Lipinski definition) is 2. The van der Waals surface area contributed by atoms with Crippen LogP contribution in [0.1, 0.15) is 18.0 Å². The van der Waals surface area contributed by atoms with Gasteiger partial charge in [0, 0.05) is 36.1 Å². The zero-order chi connectivity index (χ0) is 12.3. The number of nitrogens with zero attached hydrogens (tertiary/aromatic N) is 1. The first-order valence-corrected chi connectivity index (χ1v) is 6.79. The van der Waals surface area contributed by atoms with Gasteiger partial charge in [-0.25, -0.2) is 0 Å². The van der Waals surface area contributed by atoms with Gasteiger partial charge in [-0.1, -0.05) is 28.1 Å². The van der Waals surface area contributed by atoms with Gasteiger partial charge in [0.25, 0.3) is 0 Å². The number of hydrogen-bond donors (Lipinski definition) is 1. The standard InChI is InChI=1S/C13H18BrFN2/c14-12-4-2-10(3-5-12)13(16)11-8-17(9-11)7-1-6-15/h2-5,11,13H,1,6-9,16H2. The lowest BCUT2D eigenvalue weighted by molar-refractivity contribution is 0.0785. The van der Waals surface area contributed by atoms with E-state index >= 15 is 0 Å². The molecule has 2 nitrogen and oxygen atoms in total. The van der Waals surface area contributed by atoms with Crippen LogP contribution in [0.2, 0.25) is 0 Å². The molecule has 2 rings (SSSR count). The Morgan fingerprint density at radius 1 is 1.35 bits per heavy atom. The maximum Gasteiger partial charge on any atom is 0.0906 e. The lowest BCUT2D eigenvalue weighted by Gasteiger charge is -2.42. The number of rotatable bonds is 5. The zero-order valence-corrected chi connectivity index (χ0v) is 11.4. The molecule has 2 N–H and O–H groups in total. The Balaban J connectivity index is 1.82. The van der Waals surface area contributed by atoms with E-state index in [1.54, 1.807) is 0 Å². The molecule has 1 aliphatic rings. The molecule has 1 fully saturated rings. The topological polar surface area (TPSA) is 29.3 Å². The van der Waals surface area contributed by atoms with Crippen molar-refractivity contribution in [3.63, 3.8) is 0 Å². The normalized spacial score (nSPS) is 19.0. The van der Waals surface area contributed by atoms with Crippen molar-refractivity contribution >= 4 is 15.9 Å². The zero-order valence-electron chi connectivity index (χ0n) is 9.78. The van der Waals surface area contributed by atoms with Crippen molar-refractivity contribution in [1.29, 1.82) is 0 Å². The second kappa shape index (κ2) is 5.94. The number of likely N-dealkylation sites (tertiary alicyclic amines) is 1. The van der Waals surface area contributed by atoms with Crippen LogP contribution >= 0.6 is 15.9 Å². The second-order valence-electron chi connectivity index (χ2n) is 4.64. The van der Waals surface area contributed by atoms with Crippen molar-refractivity contribution in [2.24, 2.45) is 11.7 Å². The van der Waals surface area contributed by atoms with E-state index in [0.717, 1.165) is 24.1 Å². The molecule has 1 aromatic rings. The molecule has 1 unspecified atom stereocenters. The third kappa shape index (κ3) is 3.27. The van der Waals surface area contributed by atoms with E-state index in [4.69, 9.17) is 5.73 Å². The average molecular weight is 301 g/mol. The Hall–Kier alpha value is -0.450. The minimum atomic E-state index is -0.222. The van der Waals surface area contributed by atoms with Crippen LogP contribution in [0.15, 0.2) is 28.7 Å². The Kier molecular flexibility index (Phi) is 4.54. The summed E-state index contributed by atoms with van der Waals surface area (Å²) in [6.45, 7) is 2.63. The molecule has 0 spiro atoms. The van der Waals surface area contributed by atoms with Crippen LogP contribution in [0, 0.1) is 5.92 Å². The van der Waals surface area contributed by atoms with Gasteiger partial charge in [0.15, 0.2) is 0 Å². The first kappa shape index (κ1) is 13.0. The Morgan fingerprint density at radius 3 is 2.59 bits per heavy atom. The maximum atomic E-state index is 12.0. The summed E-state index contributed by atoms with van der Waals surface area (Å²) in [7, 11) is 0. The highest BCUT2D eigenvalue weighted by atomic mass is 79.9. The third-order valence-electron chi connectivity index (χ3n) is 3.36. The fourth-order valence-electron chi connectivity index (χ4n) is 2.26. The summed E-state index contributed by atoms with van der Waals surface area (Å²) in [5, 5.41) is 0. The minimum Gasteiger partial charge on any atom is -0.324 e. The van der Waals surface area contributed by atoms with Crippen molar-refractivity contribution in [2.75, 3.05) is 26.3 Å². The smallest absolute Gasteiger partial charge is 0.0906 e. The van der Waals surface area contributed by atoms with E-state index in [0.29, 0.717) is 12.3 Å². The van der Waals surface area contributed by atoms with Gasteiger partial charge < -0.3 is 10.6 Å². The van der Waals surface area contributed by atoms with Crippen molar-refractivity contribution in [2.45, 2.75) is 12.5 Å². The largest absolute Gasteiger partial charge is 0.324 e. The van der Waals surface area contributed by atoms with Crippen molar-refractivity contribution in [1.82, 2.24) is 4.90 Å².